The summed E-state index contributed by atoms with van der Waals surface area (Å²) in [4.78, 5) is 37.2. The minimum Gasteiger partial charge on any atom is -0.496 e. The standard InChI is InChI=1S/C22H34N2O7/c1-13-16(28-5)11-9-14(19(13)30-7)18(20(26)24-22(2,3)4)23-15(21(27)31-8)10-12-17(25)29-6/h9,11,15,18,23H,10,12H2,1-8H3,(H,24,26)/t15-,18-/m0/s1. The molecule has 1 rings (SSSR count). The summed E-state index contributed by atoms with van der Waals surface area (Å²) in [5.74, 6) is -0.364. The Bertz CT molecular complexity index is 787. The molecule has 0 aliphatic carbocycles. The average molecular weight is 439 g/mol. The molecule has 0 saturated heterocycles. The SMILES string of the molecule is COC(=O)CC[C@H](N[C@H](C(=O)NC(C)(C)C)c1ccc(OC)c(C)c1OC)C(=O)OC. The van der Waals surface area contributed by atoms with Crippen molar-refractivity contribution in [3.63, 3.8) is 0 Å². The monoisotopic (exact) mass is 438 g/mol. The summed E-state index contributed by atoms with van der Waals surface area (Å²) in [5.41, 5.74) is 0.718. The molecular weight excluding hydrogens is 404 g/mol. The maximum atomic E-state index is 13.2. The van der Waals surface area contributed by atoms with Gasteiger partial charge in [0, 0.05) is 23.1 Å². The minimum atomic E-state index is -0.958. The van der Waals surface area contributed by atoms with Gasteiger partial charge in [-0.2, -0.15) is 0 Å². The number of rotatable bonds is 10. The molecule has 0 spiro atoms. The van der Waals surface area contributed by atoms with E-state index in [-0.39, 0.29) is 18.7 Å². The Kier molecular flexibility index (Phi) is 9.77. The molecule has 9 nitrogen and oxygen atoms in total. The lowest BCUT2D eigenvalue weighted by Gasteiger charge is -2.29. The molecule has 0 bridgehead atoms. The fraction of sp³-hybridized carbons (Fsp3) is 0.591. The van der Waals surface area contributed by atoms with Crippen LogP contribution in [-0.2, 0) is 23.9 Å². The average Bonchev–Trinajstić information content (AvgIpc) is 2.71. The molecule has 1 amide bonds. The summed E-state index contributed by atoms with van der Waals surface area (Å²) in [5, 5.41) is 5.97. The minimum absolute atomic E-state index is 0.0182. The number of benzene rings is 1. The zero-order valence-corrected chi connectivity index (χ0v) is 19.6. The van der Waals surface area contributed by atoms with Crippen LogP contribution in [0.5, 0.6) is 11.5 Å². The van der Waals surface area contributed by atoms with Crippen molar-refractivity contribution in [3.05, 3.63) is 23.3 Å². The second kappa shape index (κ2) is 11.5. The highest BCUT2D eigenvalue weighted by Gasteiger charge is 2.33. The summed E-state index contributed by atoms with van der Waals surface area (Å²) in [7, 11) is 5.56. The fourth-order valence-electron chi connectivity index (χ4n) is 3.14. The van der Waals surface area contributed by atoms with Gasteiger partial charge in [-0.05, 0) is 46.2 Å². The normalized spacial score (nSPS) is 13.0. The van der Waals surface area contributed by atoms with Gasteiger partial charge in [-0.3, -0.25) is 19.7 Å². The number of hydrogen-bond donors (Lipinski definition) is 2. The molecule has 1 aromatic carbocycles. The van der Waals surface area contributed by atoms with Crippen molar-refractivity contribution >= 4 is 17.8 Å². The topological polar surface area (TPSA) is 112 Å². The molecule has 0 radical (unpaired) electrons. The lowest BCUT2D eigenvalue weighted by molar-refractivity contribution is -0.145. The van der Waals surface area contributed by atoms with Crippen molar-refractivity contribution in [3.8, 4) is 11.5 Å². The van der Waals surface area contributed by atoms with Gasteiger partial charge in [-0.1, -0.05) is 0 Å². The van der Waals surface area contributed by atoms with E-state index in [0.29, 0.717) is 22.6 Å². The largest absolute Gasteiger partial charge is 0.496 e. The molecule has 2 N–H and O–H groups in total. The first-order valence-electron chi connectivity index (χ1n) is 9.93. The van der Waals surface area contributed by atoms with Crippen LogP contribution in [0.4, 0.5) is 0 Å². The van der Waals surface area contributed by atoms with Crippen molar-refractivity contribution in [1.29, 1.82) is 0 Å². The van der Waals surface area contributed by atoms with Gasteiger partial charge in [0.05, 0.1) is 28.4 Å². The van der Waals surface area contributed by atoms with Crippen molar-refractivity contribution in [1.82, 2.24) is 10.6 Å². The van der Waals surface area contributed by atoms with Gasteiger partial charge in [0.1, 0.15) is 23.6 Å². The van der Waals surface area contributed by atoms with Crippen molar-refractivity contribution < 1.29 is 33.3 Å². The Morgan fingerprint density at radius 1 is 1.00 bits per heavy atom. The first kappa shape index (κ1) is 26.2. The summed E-state index contributed by atoms with van der Waals surface area (Å²) < 4.78 is 20.5. The van der Waals surface area contributed by atoms with E-state index >= 15 is 0 Å². The predicted octanol–water partition coefficient (Wildman–Crippen LogP) is 2.05. The molecule has 2 atom stereocenters. The predicted molar refractivity (Wildman–Crippen MR) is 115 cm³/mol. The van der Waals surface area contributed by atoms with E-state index in [9.17, 15) is 14.4 Å². The van der Waals surface area contributed by atoms with E-state index < -0.39 is 29.6 Å². The van der Waals surface area contributed by atoms with Gasteiger partial charge in [0.2, 0.25) is 5.91 Å². The highest BCUT2D eigenvalue weighted by atomic mass is 16.5. The maximum absolute atomic E-state index is 13.2. The Morgan fingerprint density at radius 2 is 1.65 bits per heavy atom. The smallest absolute Gasteiger partial charge is 0.322 e. The third kappa shape index (κ3) is 7.43. The van der Waals surface area contributed by atoms with Crippen molar-refractivity contribution in [2.45, 2.75) is 58.2 Å². The van der Waals surface area contributed by atoms with E-state index in [0.717, 1.165) is 0 Å². The Labute approximate surface area is 183 Å². The van der Waals surface area contributed by atoms with E-state index in [1.807, 2.05) is 27.7 Å². The number of amides is 1. The second-order valence-corrected chi connectivity index (χ2v) is 8.04. The van der Waals surface area contributed by atoms with E-state index in [2.05, 4.69) is 15.4 Å². The molecule has 0 fully saturated rings. The summed E-state index contributed by atoms with van der Waals surface area (Å²) in [6, 6.07) is 1.56. The van der Waals surface area contributed by atoms with E-state index in [1.54, 1.807) is 19.2 Å². The van der Waals surface area contributed by atoms with Crippen LogP contribution in [-0.4, -0.2) is 57.9 Å². The number of nitrogens with one attached hydrogen (secondary N) is 2. The molecule has 174 valence electrons. The molecule has 0 saturated carbocycles. The van der Waals surface area contributed by atoms with Gasteiger partial charge < -0.3 is 24.3 Å². The number of carbonyl (C=O) groups excluding carboxylic acids is 3. The summed E-state index contributed by atoms with van der Waals surface area (Å²) >= 11 is 0. The second-order valence-electron chi connectivity index (χ2n) is 8.04. The van der Waals surface area contributed by atoms with Gasteiger partial charge >= 0.3 is 11.9 Å². The zero-order chi connectivity index (χ0) is 23.8. The summed E-state index contributed by atoms with van der Waals surface area (Å²) in [6.45, 7) is 7.38. The molecule has 0 heterocycles. The van der Waals surface area contributed by atoms with Crippen LogP contribution in [0.2, 0.25) is 0 Å². The lowest BCUT2D eigenvalue weighted by Crippen LogP contribution is -2.50. The van der Waals surface area contributed by atoms with Crippen LogP contribution in [0.3, 0.4) is 0 Å². The molecule has 0 unspecified atom stereocenters. The van der Waals surface area contributed by atoms with Gasteiger partial charge in [0.15, 0.2) is 0 Å². The van der Waals surface area contributed by atoms with Crippen LogP contribution in [0.25, 0.3) is 0 Å². The summed E-state index contributed by atoms with van der Waals surface area (Å²) in [6.07, 6.45) is 0.0751. The Morgan fingerprint density at radius 3 is 2.13 bits per heavy atom. The van der Waals surface area contributed by atoms with Gasteiger partial charge in [-0.25, -0.2) is 0 Å². The number of esters is 2. The number of carbonyl (C=O) groups is 3. The zero-order valence-electron chi connectivity index (χ0n) is 19.6. The Balaban J connectivity index is 3.43. The highest BCUT2D eigenvalue weighted by molar-refractivity contribution is 5.86. The third-order valence-corrected chi connectivity index (χ3v) is 4.60. The molecule has 31 heavy (non-hydrogen) atoms. The molecule has 0 aliphatic heterocycles. The first-order valence-corrected chi connectivity index (χ1v) is 9.93. The van der Waals surface area contributed by atoms with Crippen molar-refractivity contribution in [2.24, 2.45) is 0 Å². The van der Waals surface area contributed by atoms with Crippen LogP contribution < -0.4 is 20.1 Å². The van der Waals surface area contributed by atoms with E-state index in [1.165, 1.54) is 21.3 Å². The lowest BCUT2D eigenvalue weighted by atomic mass is 9.98. The molecule has 0 aliphatic rings. The quantitative estimate of drug-likeness (QED) is 0.534. The molecule has 1 aromatic rings. The molecular formula is C22H34N2O7. The van der Waals surface area contributed by atoms with Crippen LogP contribution in [0.15, 0.2) is 12.1 Å². The number of hydrogen-bond acceptors (Lipinski definition) is 8. The molecule has 9 heteroatoms. The number of ether oxygens (including phenoxy) is 4. The molecule has 0 aromatic heterocycles. The highest BCUT2D eigenvalue weighted by Crippen LogP contribution is 2.35. The van der Waals surface area contributed by atoms with Gasteiger partial charge in [-0.15, -0.1) is 0 Å². The third-order valence-electron chi connectivity index (χ3n) is 4.60. The van der Waals surface area contributed by atoms with Gasteiger partial charge in [0.25, 0.3) is 0 Å². The van der Waals surface area contributed by atoms with Crippen LogP contribution in [0.1, 0.15) is 50.8 Å². The van der Waals surface area contributed by atoms with Crippen molar-refractivity contribution in [2.75, 3.05) is 28.4 Å². The van der Waals surface area contributed by atoms with E-state index in [4.69, 9.17) is 14.2 Å². The fourth-order valence-corrected chi connectivity index (χ4v) is 3.14. The first-order chi connectivity index (χ1) is 14.5. The van der Waals surface area contributed by atoms with Crippen LogP contribution in [0, 0.1) is 6.92 Å². The Hall–Kier alpha value is -2.81. The number of methoxy groups -OCH3 is 4. The van der Waals surface area contributed by atoms with Crippen LogP contribution >= 0.6 is 0 Å². The maximum Gasteiger partial charge on any atom is 0.322 e.